The molecular weight excluding hydrogens is 523 g/mol. The Morgan fingerprint density at radius 2 is 1.76 bits per heavy atom. The Bertz CT molecular complexity index is 1440. The molecule has 176 valence electrons. The van der Waals surface area contributed by atoms with E-state index in [2.05, 4.69) is 16.0 Å². The fourth-order valence-electron chi connectivity index (χ4n) is 3.39. The summed E-state index contributed by atoms with van der Waals surface area (Å²) in [5.74, 6) is -2.12. The summed E-state index contributed by atoms with van der Waals surface area (Å²) in [7, 11) is -2.38. The van der Waals surface area contributed by atoms with Crippen molar-refractivity contribution in [2.45, 2.75) is 10.1 Å². The first-order chi connectivity index (χ1) is 16.1. The van der Waals surface area contributed by atoms with Crippen LogP contribution in [0.15, 0.2) is 52.7 Å². The highest BCUT2D eigenvalue weighted by molar-refractivity contribution is 7.92. The number of fused-ring (bicyclic) bond motifs is 1. The first-order valence-electron chi connectivity index (χ1n) is 9.64. The van der Waals surface area contributed by atoms with Gasteiger partial charge in [0.2, 0.25) is 5.91 Å². The van der Waals surface area contributed by atoms with Crippen LogP contribution in [0.3, 0.4) is 0 Å². The van der Waals surface area contributed by atoms with E-state index in [1.165, 1.54) is 30.3 Å². The number of hydrogen-bond donors (Lipinski definition) is 4. The van der Waals surface area contributed by atoms with Crippen LogP contribution in [0.5, 0.6) is 0 Å². The monoisotopic (exact) mass is 538 g/mol. The number of rotatable bonds is 5. The first kappa shape index (κ1) is 24.0. The van der Waals surface area contributed by atoms with Crippen molar-refractivity contribution < 1.29 is 22.8 Å². The van der Waals surface area contributed by atoms with Crippen molar-refractivity contribution in [1.29, 1.82) is 0 Å². The Labute approximate surface area is 208 Å². The van der Waals surface area contributed by atoms with Gasteiger partial charge in [0, 0.05) is 29.0 Å². The molecule has 0 bridgehead atoms. The lowest BCUT2D eigenvalue weighted by Crippen LogP contribution is -2.34. The van der Waals surface area contributed by atoms with E-state index < -0.39 is 33.7 Å². The lowest BCUT2D eigenvalue weighted by atomic mass is 9.86. The predicted octanol–water partition coefficient (Wildman–Crippen LogP) is 4.53. The number of benzene rings is 2. The Morgan fingerprint density at radius 3 is 2.41 bits per heavy atom. The quantitative estimate of drug-likeness (QED) is 0.352. The van der Waals surface area contributed by atoms with E-state index in [1.807, 2.05) is 4.72 Å². The van der Waals surface area contributed by atoms with Crippen LogP contribution >= 0.6 is 34.5 Å². The third-order valence-electron chi connectivity index (χ3n) is 4.97. The summed E-state index contributed by atoms with van der Waals surface area (Å²) in [6.07, 6.45) is 0. The Hall–Kier alpha value is -3.12. The van der Waals surface area contributed by atoms with Gasteiger partial charge in [0.25, 0.3) is 10.0 Å². The molecule has 0 saturated heterocycles. The minimum absolute atomic E-state index is 0.0505. The minimum atomic E-state index is -4.11. The van der Waals surface area contributed by atoms with Crippen molar-refractivity contribution in [2.24, 2.45) is 0 Å². The summed E-state index contributed by atoms with van der Waals surface area (Å²) in [5.41, 5.74) is 1.89. The summed E-state index contributed by atoms with van der Waals surface area (Å²) < 4.78 is 26.5. The van der Waals surface area contributed by atoms with Gasteiger partial charge < -0.3 is 16.0 Å². The second-order valence-corrected chi connectivity index (χ2v) is 11.2. The zero-order chi connectivity index (χ0) is 24.6. The average Bonchev–Trinajstić information content (AvgIpc) is 3.21. The van der Waals surface area contributed by atoms with Crippen molar-refractivity contribution >= 4 is 79.3 Å². The van der Waals surface area contributed by atoms with Gasteiger partial charge in [-0.05, 0) is 48.0 Å². The molecule has 0 aliphatic carbocycles. The van der Waals surface area contributed by atoms with Crippen LogP contribution in [0, 0.1) is 0 Å². The van der Waals surface area contributed by atoms with Crippen LogP contribution in [0.4, 0.5) is 21.9 Å². The zero-order valence-electron chi connectivity index (χ0n) is 17.3. The van der Waals surface area contributed by atoms with Gasteiger partial charge in [-0.2, -0.15) is 0 Å². The first-order valence-corrected chi connectivity index (χ1v) is 12.7. The number of anilines is 3. The number of sulfonamides is 1. The van der Waals surface area contributed by atoms with E-state index in [0.717, 1.165) is 17.0 Å². The molecule has 2 aromatic carbocycles. The molecule has 4 rings (SSSR count). The number of halogens is 2. The molecule has 0 radical (unpaired) electrons. The van der Waals surface area contributed by atoms with Gasteiger partial charge in [0.15, 0.2) is 5.78 Å². The normalized spacial score (nSPS) is 15.3. The van der Waals surface area contributed by atoms with E-state index in [-0.39, 0.29) is 24.8 Å². The van der Waals surface area contributed by atoms with E-state index >= 15 is 0 Å². The molecule has 2 heterocycles. The Morgan fingerprint density at radius 1 is 1.03 bits per heavy atom. The standard InChI is InChI=1S/C21H16Cl2N4O5S2/c1-24-10-2-5-13-15(9-10)26-20(29)18(19(13)28)12-4-3-11(8-14(12)22)25-21(30)27-34(31,32)17-7-6-16(23)33-17/h2-9,18,24H,1H3,(H,26,29)(H2,25,27,30). The van der Waals surface area contributed by atoms with Crippen molar-refractivity contribution in [3.05, 3.63) is 69.0 Å². The number of hydrogen-bond acceptors (Lipinski definition) is 7. The maximum absolute atomic E-state index is 13.0. The van der Waals surface area contributed by atoms with Crippen LogP contribution in [-0.2, 0) is 14.8 Å². The third-order valence-corrected chi connectivity index (χ3v) is 8.35. The number of urea groups is 1. The van der Waals surface area contributed by atoms with Crippen LogP contribution in [0.1, 0.15) is 21.8 Å². The number of nitrogens with one attached hydrogen (secondary N) is 4. The molecule has 13 heteroatoms. The summed E-state index contributed by atoms with van der Waals surface area (Å²) in [5, 5.41) is 8.07. The van der Waals surface area contributed by atoms with E-state index in [4.69, 9.17) is 23.2 Å². The summed E-state index contributed by atoms with van der Waals surface area (Å²) in [6.45, 7) is 0. The van der Waals surface area contributed by atoms with Gasteiger partial charge in [-0.25, -0.2) is 17.9 Å². The van der Waals surface area contributed by atoms with Crippen LogP contribution < -0.4 is 20.7 Å². The Balaban J connectivity index is 1.52. The largest absolute Gasteiger partial charge is 0.388 e. The molecule has 1 atom stereocenters. The van der Waals surface area contributed by atoms with Gasteiger partial charge in [0.05, 0.1) is 10.0 Å². The number of carbonyl (C=O) groups is 3. The van der Waals surface area contributed by atoms with Crippen molar-refractivity contribution in [2.75, 3.05) is 23.0 Å². The Kier molecular flexibility index (Phi) is 6.54. The van der Waals surface area contributed by atoms with Gasteiger partial charge in [-0.3, -0.25) is 9.59 Å². The molecule has 1 aliphatic heterocycles. The number of amides is 3. The average molecular weight is 539 g/mol. The molecule has 0 spiro atoms. The summed E-state index contributed by atoms with van der Waals surface area (Å²) in [4.78, 5) is 38.0. The SMILES string of the molecule is CNc1ccc2c(c1)NC(=O)C(c1ccc(NC(=O)NS(=O)(=O)c3ccc(Cl)s3)cc1Cl)C2=O. The number of thiophene rings is 1. The molecule has 1 aromatic heterocycles. The maximum Gasteiger partial charge on any atom is 0.333 e. The smallest absolute Gasteiger partial charge is 0.333 e. The molecule has 9 nitrogen and oxygen atoms in total. The molecule has 34 heavy (non-hydrogen) atoms. The molecule has 4 N–H and O–H groups in total. The lowest BCUT2D eigenvalue weighted by molar-refractivity contribution is -0.116. The molecule has 0 saturated carbocycles. The fraction of sp³-hybridized carbons (Fsp3) is 0.0952. The number of Topliss-reactive ketones (excluding diaryl/α,β-unsaturated/α-hetero) is 1. The van der Waals surface area contributed by atoms with Gasteiger partial charge in [0.1, 0.15) is 10.1 Å². The van der Waals surface area contributed by atoms with E-state index in [0.29, 0.717) is 11.3 Å². The third kappa shape index (κ3) is 4.73. The second kappa shape index (κ2) is 9.26. The molecule has 0 fully saturated rings. The lowest BCUT2D eigenvalue weighted by Gasteiger charge is -2.25. The van der Waals surface area contributed by atoms with E-state index in [1.54, 1.807) is 25.2 Å². The highest BCUT2D eigenvalue weighted by atomic mass is 35.5. The summed E-state index contributed by atoms with van der Waals surface area (Å²) >= 11 is 12.9. The minimum Gasteiger partial charge on any atom is -0.388 e. The van der Waals surface area contributed by atoms with Crippen molar-refractivity contribution in [3.63, 3.8) is 0 Å². The molecule has 1 unspecified atom stereocenters. The zero-order valence-corrected chi connectivity index (χ0v) is 20.5. The van der Waals surface area contributed by atoms with Crippen LogP contribution in [0.25, 0.3) is 0 Å². The maximum atomic E-state index is 13.0. The van der Waals surface area contributed by atoms with Crippen LogP contribution in [0.2, 0.25) is 9.36 Å². The highest BCUT2D eigenvalue weighted by Gasteiger charge is 2.37. The highest BCUT2D eigenvalue weighted by Crippen LogP contribution is 2.36. The van der Waals surface area contributed by atoms with Crippen LogP contribution in [-0.4, -0.2) is 33.2 Å². The number of ketones is 1. The predicted molar refractivity (Wildman–Crippen MR) is 132 cm³/mol. The molecule has 3 aromatic rings. The van der Waals surface area contributed by atoms with Gasteiger partial charge in [-0.15, -0.1) is 11.3 Å². The van der Waals surface area contributed by atoms with Gasteiger partial charge in [-0.1, -0.05) is 29.3 Å². The van der Waals surface area contributed by atoms with Crippen molar-refractivity contribution in [1.82, 2.24) is 4.72 Å². The number of carbonyl (C=O) groups excluding carboxylic acids is 3. The summed E-state index contributed by atoms with van der Waals surface area (Å²) in [6, 6.07) is 10.8. The molecule has 1 aliphatic rings. The van der Waals surface area contributed by atoms with Crippen molar-refractivity contribution in [3.8, 4) is 0 Å². The molecular formula is C21H16Cl2N4O5S2. The molecule has 3 amide bonds. The fourth-order valence-corrected chi connectivity index (χ4v) is 6.07. The van der Waals surface area contributed by atoms with Gasteiger partial charge >= 0.3 is 6.03 Å². The second-order valence-electron chi connectivity index (χ2n) is 7.15. The van der Waals surface area contributed by atoms with E-state index in [9.17, 15) is 22.8 Å². The topological polar surface area (TPSA) is 133 Å².